The van der Waals surface area contributed by atoms with Crippen LogP contribution in [0.4, 0.5) is 0 Å². The lowest BCUT2D eigenvalue weighted by Crippen LogP contribution is -2.67. The molecule has 0 amide bonds. The highest BCUT2D eigenvalue weighted by molar-refractivity contribution is 4.96. The van der Waals surface area contributed by atoms with Gasteiger partial charge in [0.15, 0.2) is 0 Å². The number of hydrogen-bond donors (Lipinski definition) is 2. The number of nitrogens with one attached hydrogen (secondary N) is 2. The van der Waals surface area contributed by atoms with Crippen LogP contribution in [0.3, 0.4) is 0 Å². The van der Waals surface area contributed by atoms with E-state index in [0.29, 0.717) is 12.0 Å². The van der Waals surface area contributed by atoms with E-state index in [1.807, 2.05) is 0 Å². The van der Waals surface area contributed by atoms with Crippen LogP contribution in [0.15, 0.2) is 0 Å². The molecule has 0 aromatic rings. The average Bonchev–Trinajstić information content (AvgIpc) is 2.23. The van der Waals surface area contributed by atoms with Crippen molar-refractivity contribution in [3.05, 3.63) is 0 Å². The molecule has 94 valence electrons. The van der Waals surface area contributed by atoms with E-state index in [-0.39, 0.29) is 11.1 Å². The van der Waals surface area contributed by atoms with Crippen molar-refractivity contribution in [3.8, 4) is 0 Å². The molecule has 2 saturated heterocycles. The van der Waals surface area contributed by atoms with E-state index < -0.39 is 0 Å². The summed E-state index contributed by atoms with van der Waals surface area (Å²) in [6.07, 6.45) is 2.70. The molecule has 3 heteroatoms. The van der Waals surface area contributed by atoms with Crippen molar-refractivity contribution in [2.75, 3.05) is 19.6 Å². The van der Waals surface area contributed by atoms with Crippen molar-refractivity contribution in [1.82, 2.24) is 10.6 Å². The number of rotatable bonds is 1. The van der Waals surface area contributed by atoms with Crippen LogP contribution in [-0.2, 0) is 4.74 Å². The Bertz CT molecular complexity index is 244. The van der Waals surface area contributed by atoms with E-state index in [0.717, 1.165) is 26.1 Å². The molecule has 0 radical (unpaired) electrons. The normalized spacial score (nSPS) is 39.2. The summed E-state index contributed by atoms with van der Waals surface area (Å²) in [6.45, 7) is 12.3. The highest BCUT2D eigenvalue weighted by Gasteiger charge is 2.46. The van der Waals surface area contributed by atoms with Crippen LogP contribution in [-0.4, -0.2) is 31.5 Å². The summed E-state index contributed by atoms with van der Waals surface area (Å²) in [5.41, 5.74) is 0.138. The number of hydrogen-bond acceptors (Lipinski definition) is 3. The Morgan fingerprint density at radius 2 is 2.00 bits per heavy atom. The molecular weight excluding hydrogens is 200 g/mol. The fraction of sp³-hybridized carbons (Fsp3) is 1.00. The number of ether oxygens (including phenoxy) is 1. The monoisotopic (exact) mass is 226 g/mol. The van der Waals surface area contributed by atoms with Gasteiger partial charge in [-0.15, -0.1) is 0 Å². The minimum atomic E-state index is -0.0945. The van der Waals surface area contributed by atoms with E-state index in [9.17, 15) is 0 Å². The molecule has 2 fully saturated rings. The Morgan fingerprint density at radius 1 is 1.25 bits per heavy atom. The molecule has 1 spiro atoms. The first-order valence-electron chi connectivity index (χ1n) is 6.59. The molecule has 0 saturated carbocycles. The van der Waals surface area contributed by atoms with Crippen LogP contribution in [0.1, 0.15) is 40.5 Å². The molecule has 0 bridgehead atoms. The van der Waals surface area contributed by atoms with Crippen molar-refractivity contribution in [1.29, 1.82) is 0 Å². The predicted octanol–water partition coefficient (Wildman–Crippen LogP) is 1.74. The summed E-state index contributed by atoms with van der Waals surface area (Å²) in [4.78, 5) is 0. The van der Waals surface area contributed by atoms with E-state index in [1.54, 1.807) is 0 Å². The zero-order valence-corrected chi connectivity index (χ0v) is 11.1. The molecule has 2 N–H and O–H groups in total. The maximum atomic E-state index is 6.42. The number of piperidine rings is 1. The second-order valence-electron chi connectivity index (χ2n) is 6.40. The van der Waals surface area contributed by atoms with Crippen molar-refractivity contribution >= 4 is 0 Å². The van der Waals surface area contributed by atoms with Gasteiger partial charge >= 0.3 is 0 Å². The third-order valence-electron chi connectivity index (χ3n) is 3.94. The van der Waals surface area contributed by atoms with Crippen LogP contribution in [0.25, 0.3) is 0 Å². The molecule has 2 atom stereocenters. The van der Waals surface area contributed by atoms with E-state index in [2.05, 4.69) is 38.3 Å². The smallest absolute Gasteiger partial charge is 0.132 e. The standard InChI is InChI=1S/C13H26N2O/c1-10(2)11-12(3,4)8-15-13(16-11)6-5-7-14-9-13/h10-11,14-15H,5-9H2,1-4H3. The summed E-state index contributed by atoms with van der Waals surface area (Å²) < 4.78 is 6.42. The SMILES string of the molecule is CC(C)C1OC2(CCCNC2)NCC1(C)C. The quantitative estimate of drug-likeness (QED) is 0.714. The first-order valence-corrected chi connectivity index (χ1v) is 6.59. The van der Waals surface area contributed by atoms with Gasteiger partial charge in [-0.2, -0.15) is 0 Å². The van der Waals surface area contributed by atoms with E-state index in [4.69, 9.17) is 4.74 Å². The molecule has 3 nitrogen and oxygen atoms in total. The second kappa shape index (κ2) is 4.28. The van der Waals surface area contributed by atoms with Gasteiger partial charge in [0.1, 0.15) is 5.72 Å². The van der Waals surface area contributed by atoms with E-state index in [1.165, 1.54) is 6.42 Å². The van der Waals surface area contributed by atoms with E-state index >= 15 is 0 Å². The summed E-state index contributed by atoms with van der Waals surface area (Å²) in [6, 6.07) is 0. The first-order chi connectivity index (χ1) is 7.45. The van der Waals surface area contributed by atoms with Gasteiger partial charge < -0.3 is 10.1 Å². The maximum Gasteiger partial charge on any atom is 0.132 e. The molecule has 2 heterocycles. The van der Waals surface area contributed by atoms with Gasteiger partial charge in [-0.1, -0.05) is 27.7 Å². The highest BCUT2D eigenvalue weighted by atomic mass is 16.5. The van der Waals surface area contributed by atoms with Crippen LogP contribution in [0.2, 0.25) is 0 Å². The van der Waals surface area contributed by atoms with Gasteiger partial charge in [-0.3, -0.25) is 5.32 Å². The van der Waals surface area contributed by atoms with Gasteiger partial charge in [0.25, 0.3) is 0 Å². The average molecular weight is 226 g/mol. The van der Waals surface area contributed by atoms with Crippen LogP contribution < -0.4 is 10.6 Å². The largest absolute Gasteiger partial charge is 0.355 e. The maximum absolute atomic E-state index is 6.42. The van der Waals surface area contributed by atoms with Gasteiger partial charge in [0, 0.05) is 18.5 Å². The third kappa shape index (κ3) is 2.27. The van der Waals surface area contributed by atoms with Crippen LogP contribution in [0, 0.1) is 11.3 Å². The Hall–Kier alpha value is -0.120. The molecule has 16 heavy (non-hydrogen) atoms. The summed E-state index contributed by atoms with van der Waals surface area (Å²) in [5, 5.41) is 7.07. The zero-order valence-electron chi connectivity index (χ0n) is 11.1. The molecule has 0 aliphatic carbocycles. The Morgan fingerprint density at radius 3 is 2.56 bits per heavy atom. The molecule has 2 unspecified atom stereocenters. The lowest BCUT2D eigenvalue weighted by Gasteiger charge is -2.52. The predicted molar refractivity (Wildman–Crippen MR) is 66.3 cm³/mol. The van der Waals surface area contributed by atoms with Crippen LogP contribution >= 0.6 is 0 Å². The summed E-state index contributed by atoms with van der Waals surface area (Å²) in [5.74, 6) is 0.580. The van der Waals surface area contributed by atoms with Crippen molar-refractivity contribution in [2.24, 2.45) is 11.3 Å². The first kappa shape index (κ1) is 12.3. The van der Waals surface area contributed by atoms with Crippen molar-refractivity contribution in [3.63, 3.8) is 0 Å². The van der Waals surface area contributed by atoms with Gasteiger partial charge in [-0.05, 0) is 25.3 Å². The topological polar surface area (TPSA) is 33.3 Å². The molecule has 2 aliphatic rings. The Balaban J connectivity index is 2.10. The molecule has 2 rings (SSSR count). The second-order valence-corrected chi connectivity index (χ2v) is 6.40. The molecule has 0 aromatic carbocycles. The lowest BCUT2D eigenvalue weighted by atomic mass is 9.78. The Labute approximate surface area is 99.3 Å². The van der Waals surface area contributed by atoms with Gasteiger partial charge in [0.05, 0.1) is 6.10 Å². The zero-order chi connectivity index (χ0) is 11.8. The Kier molecular flexibility index (Phi) is 3.30. The van der Waals surface area contributed by atoms with Crippen molar-refractivity contribution < 1.29 is 4.74 Å². The minimum absolute atomic E-state index is 0.0945. The highest BCUT2D eigenvalue weighted by Crippen LogP contribution is 2.37. The van der Waals surface area contributed by atoms with Gasteiger partial charge in [0.2, 0.25) is 0 Å². The summed E-state index contributed by atoms with van der Waals surface area (Å²) >= 11 is 0. The van der Waals surface area contributed by atoms with Crippen molar-refractivity contribution in [2.45, 2.75) is 52.4 Å². The lowest BCUT2D eigenvalue weighted by molar-refractivity contribution is -0.208. The minimum Gasteiger partial charge on any atom is -0.355 e. The third-order valence-corrected chi connectivity index (χ3v) is 3.94. The molecule has 2 aliphatic heterocycles. The molecule has 0 aromatic heterocycles. The summed E-state index contributed by atoms with van der Waals surface area (Å²) in [7, 11) is 0. The molecular formula is C13H26N2O. The van der Waals surface area contributed by atoms with Crippen LogP contribution in [0.5, 0.6) is 0 Å². The fourth-order valence-corrected chi connectivity index (χ4v) is 3.10. The fourth-order valence-electron chi connectivity index (χ4n) is 3.10. The van der Waals surface area contributed by atoms with Gasteiger partial charge in [-0.25, -0.2) is 0 Å².